The highest BCUT2D eigenvalue weighted by atomic mass is 19.1. The van der Waals surface area contributed by atoms with Crippen molar-refractivity contribution in [2.24, 2.45) is 0 Å². The van der Waals surface area contributed by atoms with E-state index in [4.69, 9.17) is 4.42 Å². The van der Waals surface area contributed by atoms with E-state index < -0.39 is 6.10 Å². The van der Waals surface area contributed by atoms with E-state index >= 15 is 0 Å². The highest BCUT2D eigenvalue weighted by molar-refractivity contribution is 5.33. The zero-order valence-electron chi connectivity index (χ0n) is 9.20. The molecule has 0 spiro atoms. The number of aliphatic hydroxyl groups excluding tert-OH is 1. The van der Waals surface area contributed by atoms with Gasteiger partial charge in [-0.1, -0.05) is 12.1 Å². The fourth-order valence-corrected chi connectivity index (χ4v) is 1.64. The molecule has 2 nitrogen and oxygen atoms in total. The van der Waals surface area contributed by atoms with Gasteiger partial charge in [-0.15, -0.1) is 0 Å². The van der Waals surface area contributed by atoms with E-state index in [1.54, 1.807) is 32.0 Å². The number of rotatable bonds is 2. The smallest absolute Gasteiger partial charge is 0.126 e. The maximum atomic E-state index is 13.3. The van der Waals surface area contributed by atoms with Crippen LogP contribution in [0.25, 0.3) is 0 Å². The number of furan rings is 1. The molecule has 0 saturated heterocycles. The lowest BCUT2D eigenvalue weighted by molar-refractivity contribution is 0.217. The molecule has 0 aliphatic carbocycles. The fourth-order valence-electron chi connectivity index (χ4n) is 1.64. The first-order valence-corrected chi connectivity index (χ1v) is 5.07. The van der Waals surface area contributed by atoms with Gasteiger partial charge in [-0.3, -0.25) is 0 Å². The third kappa shape index (κ3) is 1.86. The standard InChI is InChI=1S/C13H13FO2/c1-8-3-4-10(7-12(8)14)13(15)11-5-6-16-9(11)2/h3-7,13,15H,1-2H3. The van der Waals surface area contributed by atoms with E-state index in [0.29, 0.717) is 22.5 Å². The molecular formula is C13H13FO2. The Morgan fingerprint density at radius 2 is 2.00 bits per heavy atom. The minimum atomic E-state index is -0.839. The van der Waals surface area contributed by atoms with Crippen molar-refractivity contribution < 1.29 is 13.9 Å². The second-order valence-electron chi connectivity index (χ2n) is 3.84. The second kappa shape index (κ2) is 4.10. The largest absolute Gasteiger partial charge is 0.469 e. The fraction of sp³-hybridized carbons (Fsp3) is 0.231. The van der Waals surface area contributed by atoms with E-state index in [1.165, 1.54) is 12.3 Å². The molecule has 2 rings (SSSR count). The molecule has 0 aliphatic heterocycles. The Bertz CT molecular complexity index is 502. The first-order chi connectivity index (χ1) is 7.59. The SMILES string of the molecule is Cc1ccc(C(O)c2ccoc2C)cc1F. The topological polar surface area (TPSA) is 33.4 Å². The number of aryl methyl sites for hydroxylation is 2. The van der Waals surface area contributed by atoms with E-state index in [0.717, 1.165) is 0 Å². The molecule has 1 aromatic carbocycles. The predicted molar refractivity (Wildman–Crippen MR) is 58.6 cm³/mol. The molecule has 0 bridgehead atoms. The number of halogens is 1. The molecule has 1 aromatic heterocycles. The summed E-state index contributed by atoms with van der Waals surface area (Å²) in [6.45, 7) is 3.46. The van der Waals surface area contributed by atoms with Crippen LogP contribution in [0.5, 0.6) is 0 Å². The molecule has 1 heterocycles. The van der Waals surface area contributed by atoms with Gasteiger partial charge in [0.15, 0.2) is 0 Å². The van der Waals surface area contributed by atoms with Gasteiger partial charge >= 0.3 is 0 Å². The molecule has 16 heavy (non-hydrogen) atoms. The monoisotopic (exact) mass is 220 g/mol. The van der Waals surface area contributed by atoms with Crippen LogP contribution in [0.2, 0.25) is 0 Å². The van der Waals surface area contributed by atoms with E-state index in [-0.39, 0.29) is 5.82 Å². The quantitative estimate of drug-likeness (QED) is 0.843. The highest BCUT2D eigenvalue weighted by Gasteiger charge is 2.15. The molecule has 2 aromatic rings. The van der Waals surface area contributed by atoms with Crippen LogP contribution < -0.4 is 0 Å². The summed E-state index contributed by atoms with van der Waals surface area (Å²) in [6.07, 6.45) is 0.673. The zero-order chi connectivity index (χ0) is 11.7. The van der Waals surface area contributed by atoms with Crippen LogP contribution in [0.4, 0.5) is 4.39 Å². The van der Waals surface area contributed by atoms with Gasteiger partial charge < -0.3 is 9.52 Å². The minimum absolute atomic E-state index is 0.308. The average Bonchev–Trinajstić information content (AvgIpc) is 2.67. The number of aliphatic hydroxyl groups is 1. The van der Waals surface area contributed by atoms with Crippen molar-refractivity contribution in [3.05, 3.63) is 58.8 Å². The van der Waals surface area contributed by atoms with Crippen molar-refractivity contribution in [1.82, 2.24) is 0 Å². The molecule has 0 saturated carbocycles. The minimum Gasteiger partial charge on any atom is -0.469 e. The van der Waals surface area contributed by atoms with Crippen LogP contribution >= 0.6 is 0 Å². The molecule has 3 heteroatoms. The van der Waals surface area contributed by atoms with Crippen LogP contribution in [-0.2, 0) is 0 Å². The van der Waals surface area contributed by atoms with Crippen molar-refractivity contribution in [1.29, 1.82) is 0 Å². The lowest BCUT2D eigenvalue weighted by Gasteiger charge is -2.10. The Morgan fingerprint density at radius 3 is 2.56 bits per heavy atom. The third-order valence-corrected chi connectivity index (χ3v) is 2.71. The van der Waals surface area contributed by atoms with E-state index in [2.05, 4.69) is 0 Å². The average molecular weight is 220 g/mol. The Balaban J connectivity index is 2.38. The number of benzene rings is 1. The molecule has 0 radical (unpaired) electrons. The molecule has 1 atom stereocenters. The maximum Gasteiger partial charge on any atom is 0.126 e. The summed E-state index contributed by atoms with van der Waals surface area (Å²) in [5.41, 5.74) is 1.77. The molecule has 1 unspecified atom stereocenters. The van der Waals surface area contributed by atoms with Crippen molar-refractivity contribution in [2.45, 2.75) is 20.0 Å². The van der Waals surface area contributed by atoms with Gasteiger partial charge in [-0.05, 0) is 37.1 Å². The predicted octanol–water partition coefficient (Wildman–Crippen LogP) is 3.12. The summed E-state index contributed by atoms with van der Waals surface area (Å²) in [5, 5.41) is 10.1. The summed E-state index contributed by atoms with van der Waals surface area (Å²) in [4.78, 5) is 0. The highest BCUT2D eigenvalue weighted by Crippen LogP contribution is 2.26. The molecule has 0 amide bonds. The Kier molecular flexibility index (Phi) is 2.79. The molecule has 0 aliphatic rings. The Morgan fingerprint density at radius 1 is 1.25 bits per heavy atom. The third-order valence-electron chi connectivity index (χ3n) is 2.71. The van der Waals surface area contributed by atoms with Gasteiger partial charge in [-0.25, -0.2) is 4.39 Å². The first-order valence-electron chi connectivity index (χ1n) is 5.07. The van der Waals surface area contributed by atoms with Crippen LogP contribution in [0.3, 0.4) is 0 Å². The van der Waals surface area contributed by atoms with Crippen LogP contribution in [0, 0.1) is 19.7 Å². The van der Waals surface area contributed by atoms with Crippen molar-refractivity contribution in [3.63, 3.8) is 0 Å². The molecular weight excluding hydrogens is 207 g/mol. The van der Waals surface area contributed by atoms with E-state index in [9.17, 15) is 9.50 Å². The second-order valence-corrected chi connectivity index (χ2v) is 3.84. The van der Waals surface area contributed by atoms with Crippen LogP contribution in [-0.4, -0.2) is 5.11 Å². The Labute approximate surface area is 93.3 Å². The normalized spacial score (nSPS) is 12.8. The molecule has 1 N–H and O–H groups in total. The first kappa shape index (κ1) is 10.9. The van der Waals surface area contributed by atoms with Crippen molar-refractivity contribution in [3.8, 4) is 0 Å². The van der Waals surface area contributed by atoms with Crippen LogP contribution in [0.15, 0.2) is 34.9 Å². The summed E-state index contributed by atoms with van der Waals surface area (Å²) >= 11 is 0. The molecule has 0 fully saturated rings. The number of hydrogen-bond donors (Lipinski definition) is 1. The van der Waals surface area contributed by atoms with Gasteiger partial charge in [0.2, 0.25) is 0 Å². The summed E-state index contributed by atoms with van der Waals surface area (Å²) in [5.74, 6) is 0.339. The summed E-state index contributed by atoms with van der Waals surface area (Å²) < 4.78 is 18.5. The van der Waals surface area contributed by atoms with Crippen molar-refractivity contribution >= 4 is 0 Å². The summed E-state index contributed by atoms with van der Waals surface area (Å²) in [6, 6.07) is 6.42. The maximum absolute atomic E-state index is 13.3. The Hall–Kier alpha value is -1.61. The van der Waals surface area contributed by atoms with Crippen molar-refractivity contribution in [2.75, 3.05) is 0 Å². The zero-order valence-corrected chi connectivity index (χ0v) is 9.20. The lowest BCUT2D eigenvalue weighted by atomic mass is 10.0. The summed E-state index contributed by atoms with van der Waals surface area (Å²) in [7, 11) is 0. The van der Waals surface area contributed by atoms with Gasteiger partial charge in [-0.2, -0.15) is 0 Å². The lowest BCUT2D eigenvalue weighted by Crippen LogP contribution is -2.00. The number of hydrogen-bond acceptors (Lipinski definition) is 2. The van der Waals surface area contributed by atoms with Gasteiger partial charge in [0.25, 0.3) is 0 Å². The van der Waals surface area contributed by atoms with Gasteiger partial charge in [0.1, 0.15) is 17.7 Å². The van der Waals surface area contributed by atoms with Crippen LogP contribution in [0.1, 0.15) is 28.6 Å². The van der Waals surface area contributed by atoms with Gasteiger partial charge in [0, 0.05) is 5.56 Å². The molecule has 84 valence electrons. The van der Waals surface area contributed by atoms with E-state index in [1.807, 2.05) is 0 Å². The van der Waals surface area contributed by atoms with Gasteiger partial charge in [0.05, 0.1) is 6.26 Å².